The summed E-state index contributed by atoms with van der Waals surface area (Å²) >= 11 is 0. The monoisotopic (exact) mass is 391 g/mol. The van der Waals surface area contributed by atoms with E-state index in [1.54, 1.807) is 36.3 Å². The number of aryl methyl sites for hydroxylation is 1. The van der Waals surface area contributed by atoms with Crippen LogP contribution >= 0.6 is 0 Å². The summed E-state index contributed by atoms with van der Waals surface area (Å²) in [6, 6.07) is 14.1. The van der Waals surface area contributed by atoms with Gasteiger partial charge in [0.15, 0.2) is 0 Å². The molecule has 148 valence electrons. The average molecular weight is 391 g/mol. The fourth-order valence-corrected chi connectivity index (χ4v) is 3.67. The van der Waals surface area contributed by atoms with E-state index in [4.69, 9.17) is 4.74 Å². The SMILES string of the molecule is COc1cccc(N2CC(C(=O)Nc3ccc4c(C)cc(=O)[nH]c4c3)CC2=O)c1. The molecule has 1 aliphatic rings. The molecule has 1 aliphatic heterocycles. The van der Waals surface area contributed by atoms with Crippen LogP contribution in [-0.4, -0.2) is 30.5 Å². The van der Waals surface area contributed by atoms with Crippen LogP contribution in [0.4, 0.5) is 11.4 Å². The summed E-state index contributed by atoms with van der Waals surface area (Å²) in [5.74, 6) is -0.125. The zero-order chi connectivity index (χ0) is 20.5. The summed E-state index contributed by atoms with van der Waals surface area (Å²) in [4.78, 5) is 41.3. The van der Waals surface area contributed by atoms with Crippen LogP contribution < -0.4 is 20.5 Å². The van der Waals surface area contributed by atoms with E-state index in [1.165, 1.54) is 6.07 Å². The van der Waals surface area contributed by atoms with Crippen molar-refractivity contribution in [3.8, 4) is 5.75 Å². The number of hydrogen-bond donors (Lipinski definition) is 2. The van der Waals surface area contributed by atoms with Gasteiger partial charge in [-0.1, -0.05) is 12.1 Å². The topological polar surface area (TPSA) is 91.5 Å². The van der Waals surface area contributed by atoms with E-state index < -0.39 is 5.92 Å². The van der Waals surface area contributed by atoms with E-state index in [1.807, 2.05) is 25.1 Å². The van der Waals surface area contributed by atoms with Crippen LogP contribution in [0.2, 0.25) is 0 Å². The normalized spacial score (nSPS) is 16.3. The number of H-pyrrole nitrogens is 1. The maximum Gasteiger partial charge on any atom is 0.248 e. The lowest BCUT2D eigenvalue weighted by Crippen LogP contribution is -2.28. The molecule has 1 aromatic heterocycles. The summed E-state index contributed by atoms with van der Waals surface area (Å²) in [5, 5.41) is 3.78. The number of rotatable bonds is 4. The van der Waals surface area contributed by atoms with Crippen LogP contribution in [0.15, 0.2) is 53.3 Å². The van der Waals surface area contributed by atoms with Crippen LogP contribution in [0.1, 0.15) is 12.0 Å². The van der Waals surface area contributed by atoms with Gasteiger partial charge in [-0.25, -0.2) is 0 Å². The molecule has 3 aromatic rings. The Labute approximate surface area is 167 Å². The highest BCUT2D eigenvalue weighted by atomic mass is 16.5. The molecule has 0 spiro atoms. The van der Waals surface area contributed by atoms with Crippen LogP contribution in [-0.2, 0) is 9.59 Å². The highest BCUT2D eigenvalue weighted by Gasteiger charge is 2.35. The van der Waals surface area contributed by atoms with E-state index in [-0.39, 0.29) is 23.8 Å². The van der Waals surface area contributed by atoms with Crippen LogP contribution in [0.5, 0.6) is 5.75 Å². The molecule has 0 aliphatic carbocycles. The predicted octanol–water partition coefficient (Wildman–Crippen LogP) is 2.84. The number of benzene rings is 2. The first-order valence-corrected chi connectivity index (χ1v) is 9.33. The number of amides is 2. The predicted molar refractivity (Wildman–Crippen MR) is 111 cm³/mol. The first kappa shape index (κ1) is 18.7. The van der Waals surface area contributed by atoms with Crippen molar-refractivity contribution >= 4 is 34.1 Å². The van der Waals surface area contributed by atoms with Gasteiger partial charge in [0.25, 0.3) is 0 Å². The molecule has 2 heterocycles. The fraction of sp³-hybridized carbons (Fsp3) is 0.227. The van der Waals surface area contributed by atoms with Gasteiger partial charge in [0.1, 0.15) is 5.75 Å². The third kappa shape index (κ3) is 3.71. The maximum absolute atomic E-state index is 12.7. The van der Waals surface area contributed by atoms with Crippen LogP contribution in [0.3, 0.4) is 0 Å². The lowest BCUT2D eigenvalue weighted by Gasteiger charge is -2.17. The molecule has 29 heavy (non-hydrogen) atoms. The molecule has 1 atom stereocenters. The van der Waals surface area contributed by atoms with Gasteiger partial charge in [0, 0.05) is 41.9 Å². The molecule has 1 saturated heterocycles. The van der Waals surface area contributed by atoms with Crippen LogP contribution in [0, 0.1) is 12.8 Å². The Hall–Kier alpha value is -3.61. The highest BCUT2D eigenvalue weighted by Crippen LogP contribution is 2.29. The summed E-state index contributed by atoms with van der Waals surface area (Å²) in [7, 11) is 1.57. The van der Waals surface area contributed by atoms with Gasteiger partial charge in [-0.15, -0.1) is 0 Å². The van der Waals surface area contributed by atoms with E-state index in [0.717, 1.165) is 10.9 Å². The summed E-state index contributed by atoms with van der Waals surface area (Å²) in [5.41, 5.74) is 2.64. The smallest absolute Gasteiger partial charge is 0.248 e. The van der Waals surface area contributed by atoms with Gasteiger partial charge in [0.05, 0.1) is 18.5 Å². The Morgan fingerprint density at radius 3 is 2.79 bits per heavy atom. The number of fused-ring (bicyclic) bond motifs is 1. The van der Waals surface area contributed by atoms with E-state index >= 15 is 0 Å². The van der Waals surface area contributed by atoms with Crippen molar-refractivity contribution in [1.29, 1.82) is 0 Å². The van der Waals surface area contributed by atoms with Gasteiger partial charge in [-0.2, -0.15) is 0 Å². The fourth-order valence-electron chi connectivity index (χ4n) is 3.67. The Morgan fingerprint density at radius 2 is 2.00 bits per heavy atom. The average Bonchev–Trinajstić information content (AvgIpc) is 3.09. The van der Waals surface area contributed by atoms with Crippen molar-refractivity contribution in [3.63, 3.8) is 0 Å². The van der Waals surface area contributed by atoms with Crippen LogP contribution in [0.25, 0.3) is 10.9 Å². The van der Waals surface area contributed by atoms with Crippen molar-refractivity contribution in [2.45, 2.75) is 13.3 Å². The third-order valence-electron chi connectivity index (χ3n) is 5.18. The molecule has 0 radical (unpaired) electrons. The molecule has 1 fully saturated rings. The van der Waals surface area contributed by atoms with Gasteiger partial charge >= 0.3 is 0 Å². The van der Waals surface area contributed by atoms with E-state index in [9.17, 15) is 14.4 Å². The molecule has 1 unspecified atom stereocenters. The van der Waals surface area contributed by atoms with Crippen molar-refractivity contribution in [2.75, 3.05) is 23.9 Å². The number of carbonyl (C=O) groups is 2. The third-order valence-corrected chi connectivity index (χ3v) is 5.18. The molecule has 0 bridgehead atoms. The molecular formula is C22H21N3O4. The minimum absolute atomic E-state index is 0.100. The number of pyridine rings is 1. The van der Waals surface area contributed by atoms with Crippen molar-refractivity contribution < 1.29 is 14.3 Å². The molecule has 7 nitrogen and oxygen atoms in total. The molecule has 2 N–H and O–H groups in total. The van der Waals surface area contributed by atoms with Gasteiger partial charge in [-0.05, 0) is 36.8 Å². The first-order chi connectivity index (χ1) is 13.9. The molecule has 2 amide bonds. The summed E-state index contributed by atoms with van der Waals surface area (Å²) in [6.07, 6.45) is 0.145. The Bertz CT molecular complexity index is 1170. The molecule has 7 heteroatoms. The standard InChI is InChI=1S/C22H21N3O4/c1-13-8-20(26)24-19-10-15(6-7-18(13)19)23-22(28)14-9-21(27)25(12-14)16-4-3-5-17(11-16)29-2/h3-8,10-11,14H,9,12H2,1-2H3,(H,23,28)(H,24,26). The number of carbonyl (C=O) groups excluding carboxylic acids is 2. The first-order valence-electron chi connectivity index (χ1n) is 9.33. The van der Waals surface area contributed by atoms with E-state index in [2.05, 4.69) is 10.3 Å². The largest absolute Gasteiger partial charge is 0.497 e. The highest BCUT2D eigenvalue weighted by molar-refractivity contribution is 6.04. The Kier molecular flexibility index (Phi) is 4.80. The number of nitrogens with zero attached hydrogens (tertiary/aromatic N) is 1. The molecule has 0 saturated carbocycles. The second kappa shape index (κ2) is 7.43. The summed E-state index contributed by atoms with van der Waals surface area (Å²) in [6.45, 7) is 2.18. The summed E-state index contributed by atoms with van der Waals surface area (Å²) < 4.78 is 5.21. The number of aromatic amines is 1. The lowest BCUT2D eigenvalue weighted by atomic mass is 10.1. The maximum atomic E-state index is 12.7. The number of nitrogens with one attached hydrogen (secondary N) is 2. The van der Waals surface area contributed by atoms with Crippen molar-refractivity contribution in [3.05, 3.63) is 64.4 Å². The molecule has 2 aromatic carbocycles. The number of anilines is 2. The Balaban J connectivity index is 1.51. The zero-order valence-corrected chi connectivity index (χ0v) is 16.2. The quantitative estimate of drug-likeness (QED) is 0.715. The molecule has 4 rings (SSSR count). The van der Waals surface area contributed by atoms with Gasteiger partial charge < -0.3 is 19.9 Å². The number of hydrogen-bond acceptors (Lipinski definition) is 4. The number of aromatic nitrogens is 1. The minimum atomic E-state index is -0.457. The second-order valence-electron chi connectivity index (χ2n) is 7.17. The molecular weight excluding hydrogens is 370 g/mol. The number of methoxy groups -OCH3 is 1. The van der Waals surface area contributed by atoms with Gasteiger partial charge in [0.2, 0.25) is 17.4 Å². The van der Waals surface area contributed by atoms with Crippen molar-refractivity contribution in [1.82, 2.24) is 4.98 Å². The Morgan fingerprint density at radius 1 is 1.17 bits per heavy atom. The number of ether oxygens (including phenoxy) is 1. The zero-order valence-electron chi connectivity index (χ0n) is 16.2. The second-order valence-corrected chi connectivity index (χ2v) is 7.17. The van der Waals surface area contributed by atoms with Crippen molar-refractivity contribution in [2.24, 2.45) is 5.92 Å². The van der Waals surface area contributed by atoms with E-state index in [0.29, 0.717) is 29.2 Å². The minimum Gasteiger partial charge on any atom is -0.497 e. The van der Waals surface area contributed by atoms with Gasteiger partial charge in [-0.3, -0.25) is 14.4 Å². The lowest BCUT2D eigenvalue weighted by molar-refractivity contribution is -0.122.